The molecule has 2 heterocycles. The van der Waals surface area contributed by atoms with Crippen molar-refractivity contribution in [3.05, 3.63) is 35.9 Å². The van der Waals surface area contributed by atoms with Crippen molar-refractivity contribution in [2.45, 2.75) is 46.2 Å². The summed E-state index contributed by atoms with van der Waals surface area (Å²) >= 11 is 0. The van der Waals surface area contributed by atoms with Gasteiger partial charge in [-0.1, -0.05) is 32.0 Å². The van der Waals surface area contributed by atoms with Gasteiger partial charge in [-0.2, -0.15) is 0 Å². The van der Waals surface area contributed by atoms with Crippen LogP contribution >= 0.6 is 24.0 Å². The molecule has 3 rings (SSSR count). The molecule has 2 N–H and O–H groups in total. The fourth-order valence-corrected chi connectivity index (χ4v) is 3.88. The maximum absolute atomic E-state index is 12.2. The lowest BCUT2D eigenvalue weighted by atomic mass is 10.0. The molecule has 1 amide bonds. The number of amides is 1. The van der Waals surface area contributed by atoms with E-state index >= 15 is 0 Å². The van der Waals surface area contributed by atoms with E-state index in [1.165, 1.54) is 0 Å². The lowest BCUT2D eigenvalue weighted by Gasteiger charge is -2.34. The maximum Gasteiger partial charge on any atom is 0.225 e. The molecule has 2 aromatic rings. The molecule has 7 nitrogen and oxygen atoms in total. The molecule has 1 aromatic carbocycles. The summed E-state index contributed by atoms with van der Waals surface area (Å²) in [5.74, 6) is 2.07. The van der Waals surface area contributed by atoms with Crippen LogP contribution in [0, 0.1) is 5.92 Å². The molecule has 0 spiro atoms. The number of para-hydroxylation sites is 1. The van der Waals surface area contributed by atoms with E-state index in [0.717, 1.165) is 60.7 Å². The van der Waals surface area contributed by atoms with Crippen molar-refractivity contribution in [2.75, 3.05) is 38.6 Å². The van der Waals surface area contributed by atoms with Gasteiger partial charge < -0.3 is 20.4 Å². The number of anilines is 1. The first-order valence-electron chi connectivity index (χ1n) is 11.3. The zero-order valence-corrected chi connectivity index (χ0v) is 22.2. The molecule has 0 radical (unpaired) electrons. The molecule has 0 unspecified atom stereocenters. The third-order valence-corrected chi connectivity index (χ3v) is 5.64. The van der Waals surface area contributed by atoms with Crippen LogP contribution in [0.5, 0.6) is 0 Å². The lowest BCUT2D eigenvalue weighted by Crippen LogP contribution is -2.50. The van der Waals surface area contributed by atoms with E-state index in [-0.39, 0.29) is 35.8 Å². The molecule has 0 bridgehead atoms. The average molecular weight is 553 g/mol. The van der Waals surface area contributed by atoms with Gasteiger partial charge in [0.15, 0.2) is 5.96 Å². The number of aromatic nitrogens is 1. The van der Waals surface area contributed by atoms with Crippen LogP contribution in [0.15, 0.2) is 35.3 Å². The quantitative estimate of drug-likeness (QED) is 0.326. The number of benzene rings is 1. The fraction of sp³-hybridized carbons (Fsp3) is 0.542. The van der Waals surface area contributed by atoms with E-state index in [9.17, 15) is 4.79 Å². The number of likely N-dealkylation sites (tertiary alicyclic amines) is 1. The van der Waals surface area contributed by atoms with Gasteiger partial charge in [-0.05, 0) is 37.5 Å². The summed E-state index contributed by atoms with van der Waals surface area (Å²) in [5.41, 5.74) is 2.14. The predicted octanol–water partition coefficient (Wildman–Crippen LogP) is 3.62. The smallest absolute Gasteiger partial charge is 0.225 e. The van der Waals surface area contributed by atoms with Gasteiger partial charge in [-0.15, -0.1) is 24.0 Å². The average Bonchev–Trinajstić information content (AvgIpc) is 2.77. The normalized spacial score (nSPS) is 14.9. The Hall–Kier alpha value is -2.10. The van der Waals surface area contributed by atoms with Gasteiger partial charge in [-0.3, -0.25) is 4.79 Å². The summed E-state index contributed by atoms with van der Waals surface area (Å²) in [4.78, 5) is 25.9. The number of carbonyl (C=O) groups is 1. The summed E-state index contributed by atoms with van der Waals surface area (Å²) in [6.07, 6.45) is 1.87. The minimum absolute atomic E-state index is 0. The number of halogens is 1. The molecule has 176 valence electrons. The maximum atomic E-state index is 12.2. The van der Waals surface area contributed by atoms with Crippen LogP contribution in [0.25, 0.3) is 10.9 Å². The molecule has 1 aliphatic rings. The highest BCUT2D eigenvalue weighted by molar-refractivity contribution is 14.0. The molecule has 1 saturated heterocycles. The SMILES string of the molecule is CCNC(=NCc1cc(N(C)C)nc2ccccc12)NC1CCN(C(=O)C(C)C)CC1.I. The highest BCUT2D eigenvalue weighted by Crippen LogP contribution is 2.23. The second-order valence-corrected chi connectivity index (χ2v) is 8.64. The first-order chi connectivity index (χ1) is 14.9. The van der Waals surface area contributed by atoms with Crippen LogP contribution in [0.2, 0.25) is 0 Å². The van der Waals surface area contributed by atoms with Gasteiger partial charge in [0.05, 0.1) is 12.1 Å². The Kier molecular flexibility index (Phi) is 9.99. The highest BCUT2D eigenvalue weighted by Gasteiger charge is 2.24. The van der Waals surface area contributed by atoms with E-state index in [4.69, 9.17) is 9.98 Å². The summed E-state index contributed by atoms with van der Waals surface area (Å²) in [7, 11) is 4.01. The minimum Gasteiger partial charge on any atom is -0.363 e. The molecule has 0 aliphatic carbocycles. The van der Waals surface area contributed by atoms with Gasteiger partial charge in [0, 0.05) is 51.1 Å². The summed E-state index contributed by atoms with van der Waals surface area (Å²) in [6.45, 7) is 8.98. The molecular formula is C24H37IN6O. The van der Waals surface area contributed by atoms with Gasteiger partial charge >= 0.3 is 0 Å². The first kappa shape index (κ1) is 26.2. The largest absolute Gasteiger partial charge is 0.363 e. The first-order valence-corrected chi connectivity index (χ1v) is 11.3. The zero-order valence-electron chi connectivity index (χ0n) is 19.9. The molecule has 1 fully saturated rings. The van der Waals surface area contributed by atoms with Crippen LogP contribution in [0.4, 0.5) is 5.82 Å². The molecule has 1 aliphatic heterocycles. The van der Waals surface area contributed by atoms with Crippen molar-refractivity contribution in [1.82, 2.24) is 20.5 Å². The van der Waals surface area contributed by atoms with Gasteiger partial charge in [0.2, 0.25) is 5.91 Å². The number of rotatable bonds is 6. The van der Waals surface area contributed by atoms with Crippen molar-refractivity contribution in [3.63, 3.8) is 0 Å². The van der Waals surface area contributed by atoms with Crippen LogP contribution in [-0.4, -0.2) is 61.5 Å². The number of aliphatic imine (C=N–C) groups is 1. The number of guanidine groups is 1. The monoisotopic (exact) mass is 552 g/mol. The number of pyridine rings is 1. The summed E-state index contributed by atoms with van der Waals surface area (Å²) < 4.78 is 0. The van der Waals surface area contributed by atoms with Crippen LogP contribution in [-0.2, 0) is 11.3 Å². The Bertz CT molecular complexity index is 922. The van der Waals surface area contributed by atoms with Crippen LogP contribution in [0.1, 0.15) is 39.2 Å². The minimum atomic E-state index is 0. The molecule has 0 saturated carbocycles. The summed E-state index contributed by atoms with van der Waals surface area (Å²) in [6, 6.07) is 10.7. The van der Waals surface area contributed by atoms with E-state index < -0.39 is 0 Å². The number of nitrogens with zero attached hydrogens (tertiary/aromatic N) is 4. The predicted molar refractivity (Wildman–Crippen MR) is 144 cm³/mol. The van der Waals surface area contributed by atoms with Crippen molar-refractivity contribution >= 4 is 52.6 Å². The number of carbonyl (C=O) groups excluding carboxylic acids is 1. The highest BCUT2D eigenvalue weighted by atomic mass is 127. The Labute approximate surface area is 209 Å². The molecular weight excluding hydrogens is 515 g/mol. The Morgan fingerprint density at radius 2 is 1.94 bits per heavy atom. The van der Waals surface area contributed by atoms with Crippen molar-refractivity contribution in [3.8, 4) is 0 Å². The molecule has 8 heteroatoms. The number of hydrogen-bond acceptors (Lipinski definition) is 4. The standard InChI is InChI=1S/C24H36N6O.HI/c1-6-25-24(27-19-11-13-30(14-12-19)23(31)17(2)3)26-16-18-15-22(29(4)5)28-21-10-8-7-9-20(18)21;/h7-10,15,17,19H,6,11-14,16H2,1-5H3,(H2,25,26,27);1H. The van der Waals surface area contributed by atoms with Crippen LogP contribution < -0.4 is 15.5 Å². The third-order valence-electron chi connectivity index (χ3n) is 5.64. The van der Waals surface area contributed by atoms with Crippen molar-refractivity contribution in [1.29, 1.82) is 0 Å². The van der Waals surface area contributed by atoms with E-state index in [1.807, 2.05) is 55.9 Å². The zero-order chi connectivity index (χ0) is 22.4. The Balaban J connectivity index is 0.00000363. The summed E-state index contributed by atoms with van der Waals surface area (Å²) in [5, 5.41) is 8.08. The van der Waals surface area contributed by atoms with Crippen molar-refractivity contribution < 1.29 is 4.79 Å². The number of nitrogens with one attached hydrogen (secondary N) is 2. The number of fused-ring (bicyclic) bond motifs is 1. The molecule has 1 aromatic heterocycles. The lowest BCUT2D eigenvalue weighted by molar-refractivity contribution is -0.135. The van der Waals surface area contributed by atoms with Crippen molar-refractivity contribution in [2.24, 2.45) is 10.9 Å². The van der Waals surface area contributed by atoms with E-state index in [1.54, 1.807) is 0 Å². The fourth-order valence-electron chi connectivity index (χ4n) is 3.88. The van der Waals surface area contributed by atoms with Gasteiger partial charge in [0.1, 0.15) is 5.82 Å². The van der Waals surface area contributed by atoms with E-state index in [0.29, 0.717) is 12.6 Å². The molecule has 0 atom stereocenters. The Morgan fingerprint density at radius 3 is 2.56 bits per heavy atom. The number of hydrogen-bond donors (Lipinski definition) is 2. The second kappa shape index (κ2) is 12.2. The third kappa shape index (κ3) is 6.70. The molecule has 32 heavy (non-hydrogen) atoms. The second-order valence-electron chi connectivity index (χ2n) is 8.64. The Morgan fingerprint density at radius 1 is 1.25 bits per heavy atom. The topological polar surface area (TPSA) is 72.9 Å². The van der Waals surface area contributed by atoms with Crippen LogP contribution in [0.3, 0.4) is 0 Å². The number of piperidine rings is 1. The van der Waals surface area contributed by atoms with Gasteiger partial charge in [0.25, 0.3) is 0 Å². The van der Waals surface area contributed by atoms with E-state index in [2.05, 4.69) is 29.7 Å². The van der Waals surface area contributed by atoms with Gasteiger partial charge in [-0.25, -0.2) is 9.98 Å².